The first kappa shape index (κ1) is 8.84. The van der Waals surface area contributed by atoms with Gasteiger partial charge in [0.15, 0.2) is 5.82 Å². The van der Waals surface area contributed by atoms with Crippen molar-refractivity contribution in [3.8, 4) is 11.4 Å². The number of rotatable bonds is 1. The Balaban J connectivity index is 2.15. The Bertz CT molecular complexity index is 593. The molecular weight excluding hydrogens is 202 g/mol. The number of hydrogen-bond donors (Lipinski definition) is 1. The van der Waals surface area contributed by atoms with Crippen LogP contribution < -0.4 is 5.73 Å². The van der Waals surface area contributed by atoms with Crippen molar-refractivity contribution >= 4 is 11.5 Å². The second kappa shape index (κ2) is 3.30. The van der Waals surface area contributed by atoms with Crippen LogP contribution in [0.5, 0.6) is 0 Å². The molecule has 16 heavy (non-hydrogen) atoms. The van der Waals surface area contributed by atoms with E-state index in [4.69, 9.17) is 5.73 Å². The Morgan fingerprint density at radius 1 is 1.12 bits per heavy atom. The zero-order chi connectivity index (χ0) is 11.0. The second-order valence-electron chi connectivity index (χ2n) is 3.42. The summed E-state index contributed by atoms with van der Waals surface area (Å²) >= 11 is 0. The maximum Gasteiger partial charge on any atom is 0.252 e. The van der Waals surface area contributed by atoms with Crippen molar-refractivity contribution in [3.05, 3.63) is 42.7 Å². The summed E-state index contributed by atoms with van der Waals surface area (Å²) in [7, 11) is 0. The Morgan fingerprint density at radius 3 is 2.69 bits per heavy atom. The molecule has 2 N–H and O–H groups in total. The third-order valence-electron chi connectivity index (χ3n) is 2.29. The van der Waals surface area contributed by atoms with Crippen LogP contribution in [0.1, 0.15) is 0 Å². The van der Waals surface area contributed by atoms with E-state index in [0.29, 0.717) is 11.6 Å². The van der Waals surface area contributed by atoms with Gasteiger partial charge in [0.25, 0.3) is 5.78 Å². The van der Waals surface area contributed by atoms with Crippen LogP contribution in [0.25, 0.3) is 17.2 Å². The molecule has 0 radical (unpaired) electrons. The van der Waals surface area contributed by atoms with Gasteiger partial charge >= 0.3 is 0 Å². The average molecular weight is 211 g/mol. The fraction of sp³-hybridized carbons (Fsp3) is 0. The van der Waals surface area contributed by atoms with Gasteiger partial charge in [0.05, 0.1) is 0 Å². The molecule has 0 spiro atoms. The van der Waals surface area contributed by atoms with E-state index in [2.05, 4.69) is 15.1 Å². The molecule has 0 aliphatic carbocycles. The van der Waals surface area contributed by atoms with E-state index in [0.717, 1.165) is 11.3 Å². The maximum absolute atomic E-state index is 5.62. The zero-order valence-corrected chi connectivity index (χ0v) is 8.41. The summed E-state index contributed by atoms with van der Waals surface area (Å²) in [6, 6.07) is 9.26. The van der Waals surface area contributed by atoms with Crippen LogP contribution in [0.2, 0.25) is 0 Å². The summed E-state index contributed by atoms with van der Waals surface area (Å²) in [5, 5.41) is 4.31. The molecule has 0 saturated heterocycles. The molecule has 2 aromatic heterocycles. The number of hydrogen-bond acceptors (Lipinski definition) is 4. The van der Waals surface area contributed by atoms with E-state index >= 15 is 0 Å². The lowest BCUT2D eigenvalue weighted by Crippen LogP contribution is -1.87. The highest BCUT2D eigenvalue weighted by atomic mass is 15.3. The Kier molecular flexibility index (Phi) is 1.83. The minimum atomic E-state index is 0.592. The standard InChI is InChI=1S/C11H9N5/c12-9-4-2-8(3-5-9)10-14-11-13-6-1-7-16(11)15-10/h1-7H,12H2. The van der Waals surface area contributed by atoms with Crippen molar-refractivity contribution in [1.82, 2.24) is 19.6 Å². The predicted molar refractivity (Wildman–Crippen MR) is 60.6 cm³/mol. The summed E-state index contributed by atoms with van der Waals surface area (Å²) in [5.74, 6) is 1.24. The molecule has 0 unspecified atom stereocenters. The van der Waals surface area contributed by atoms with E-state index in [1.807, 2.05) is 36.5 Å². The average Bonchev–Trinajstić information content (AvgIpc) is 2.73. The summed E-state index contributed by atoms with van der Waals surface area (Å²) < 4.78 is 1.64. The third-order valence-corrected chi connectivity index (χ3v) is 2.29. The lowest BCUT2D eigenvalue weighted by Gasteiger charge is -1.94. The number of nitrogens with two attached hydrogens (primary N) is 1. The van der Waals surface area contributed by atoms with E-state index in [1.54, 1.807) is 10.7 Å². The van der Waals surface area contributed by atoms with Gasteiger partial charge < -0.3 is 5.73 Å². The van der Waals surface area contributed by atoms with Crippen LogP contribution in [0.15, 0.2) is 42.7 Å². The van der Waals surface area contributed by atoms with Crippen LogP contribution in [0.3, 0.4) is 0 Å². The first-order chi connectivity index (χ1) is 7.83. The number of nitrogen functional groups attached to an aromatic ring is 1. The second-order valence-corrected chi connectivity index (χ2v) is 3.42. The van der Waals surface area contributed by atoms with Gasteiger partial charge in [-0.25, -0.2) is 9.50 Å². The lowest BCUT2D eigenvalue weighted by atomic mass is 10.2. The van der Waals surface area contributed by atoms with E-state index in [-0.39, 0.29) is 0 Å². The van der Waals surface area contributed by atoms with Crippen LogP contribution in [0.4, 0.5) is 5.69 Å². The van der Waals surface area contributed by atoms with Gasteiger partial charge in [-0.15, -0.1) is 5.10 Å². The summed E-state index contributed by atoms with van der Waals surface area (Å²) in [6.45, 7) is 0. The SMILES string of the molecule is Nc1ccc(-c2nc3ncccn3n2)cc1. The maximum atomic E-state index is 5.62. The highest BCUT2D eigenvalue weighted by molar-refractivity contribution is 5.59. The number of benzene rings is 1. The smallest absolute Gasteiger partial charge is 0.252 e. The Hall–Kier alpha value is -2.43. The Labute approximate surface area is 91.6 Å². The minimum Gasteiger partial charge on any atom is -0.399 e. The fourth-order valence-corrected chi connectivity index (χ4v) is 1.49. The first-order valence-electron chi connectivity index (χ1n) is 4.86. The molecule has 0 bridgehead atoms. The molecule has 2 heterocycles. The fourth-order valence-electron chi connectivity index (χ4n) is 1.49. The molecule has 0 fully saturated rings. The number of anilines is 1. The van der Waals surface area contributed by atoms with E-state index < -0.39 is 0 Å². The normalized spacial score (nSPS) is 10.8. The molecule has 5 nitrogen and oxygen atoms in total. The van der Waals surface area contributed by atoms with Gasteiger partial charge in [-0.05, 0) is 30.3 Å². The van der Waals surface area contributed by atoms with Crippen LogP contribution in [-0.2, 0) is 0 Å². The summed E-state index contributed by atoms with van der Waals surface area (Å²) in [5.41, 5.74) is 7.28. The topological polar surface area (TPSA) is 69.1 Å². The summed E-state index contributed by atoms with van der Waals surface area (Å²) in [6.07, 6.45) is 3.51. The van der Waals surface area contributed by atoms with Gasteiger partial charge in [-0.3, -0.25) is 0 Å². The van der Waals surface area contributed by atoms with Gasteiger partial charge in [-0.1, -0.05) is 0 Å². The minimum absolute atomic E-state index is 0.592. The quantitative estimate of drug-likeness (QED) is 0.617. The highest BCUT2D eigenvalue weighted by Crippen LogP contribution is 2.16. The van der Waals surface area contributed by atoms with Crippen molar-refractivity contribution in [1.29, 1.82) is 0 Å². The lowest BCUT2D eigenvalue weighted by molar-refractivity contribution is 0.942. The Morgan fingerprint density at radius 2 is 1.94 bits per heavy atom. The summed E-state index contributed by atoms with van der Waals surface area (Å²) in [4.78, 5) is 8.42. The van der Waals surface area contributed by atoms with Crippen LogP contribution >= 0.6 is 0 Å². The van der Waals surface area contributed by atoms with Crippen molar-refractivity contribution in [2.45, 2.75) is 0 Å². The number of aromatic nitrogens is 4. The highest BCUT2D eigenvalue weighted by Gasteiger charge is 2.05. The van der Waals surface area contributed by atoms with Gasteiger partial charge in [0, 0.05) is 23.6 Å². The molecule has 0 saturated carbocycles. The third kappa shape index (κ3) is 1.38. The molecule has 3 aromatic rings. The molecule has 3 rings (SSSR count). The van der Waals surface area contributed by atoms with Crippen molar-refractivity contribution < 1.29 is 0 Å². The van der Waals surface area contributed by atoms with Crippen molar-refractivity contribution in [2.75, 3.05) is 5.73 Å². The molecule has 0 aliphatic heterocycles. The number of fused-ring (bicyclic) bond motifs is 1. The van der Waals surface area contributed by atoms with Crippen molar-refractivity contribution in [2.24, 2.45) is 0 Å². The van der Waals surface area contributed by atoms with E-state index in [9.17, 15) is 0 Å². The molecule has 78 valence electrons. The molecule has 5 heteroatoms. The predicted octanol–water partition coefficient (Wildman–Crippen LogP) is 1.37. The van der Waals surface area contributed by atoms with Crippen molar-refractivity contribution in [3.63, 3.8) is 0 Å². The molecular formula is C11H9N5. The van der Waals surface area contributed by atoms with Gasteiger partial charge in [0.2, 0.25) is 0 Å². The molecule has 0 aliphatic rings. The molecule has 0 atom stereocenters. The van der Waals surface area contributed by atoms with Crippen LogP contribution in [-0.4, -0.2) is 19.6 Å². The molecule has 1 aromatic carbocycles. The zero-order valence-electron chi connectivity index (χ0n) is 8.41. The van der Waals surface area contributed by atoms with Crippen LogP contribution in [0, 0.1) is 0 Å². The monoisotopic (exact) mass is 211 g/mol. The van der Waals surface area contributed by atoms with E-state index in [1.165, 1.54) is 0 Å². The van der Waals surface area contributed by atoms with Gasteiger partial charge in [0.1, 0.15) is 0 Å². The van der Waals surface area contributed by atoms with Gasteiger partial charge in [-0.2, -0.15) is 4.98 Å². The molecule has 0 amide bonds. The first-order valence-corrected chi connectivity index (χ1v) is 4.86. The number of nitrogens with zero attached hydrogens (tertiary/aromatic N) is 4. The largest absolute Gasteiger partial charge is 0.399 e.